The Hall–Kier alpha value is -3.08. The van der Waals surface area contributed by atoms with E-state index in [2.05, 4.69) is 10.1 Å². The molecule has 0 unspecified atom stereocenters. The molecule has 1 aliphatic rings. The smallest absolute Gasteiger partial charge is 0.270 e. The van der Waals surface area contributed by atoms with Gasteiger partial charge in [-0.3, -0.25) is 14.3 Å². The van der Waals surface area contributed by atoms with Crippen LogP contribution in [-0.2, 0) is 11.3 Å². The van der Waals surface area contributed by atoms with Crippen molar-refractivity contribution in [3.63, 3.8) is 0 Å². The summed E-state index contributed by atoms with van der Waals surface area (Å²) >= 11 is 0. The number of nitrogens with one attached hydrogen (secondary N) is 1. The summed E-state index contributed by atoms with van der Waals surface area (Å²) < 4.78 is 1.72. The van der Waals surface area contributed by atoms with Crippen LogP contribution in [0.1, 0.15) is 33.9 Å². The maximum atomic E-state index is 12.6. The summed E-state index contributed by atoms with van der Waals surface area (Å²) in [6.07, 6.45) is 2.25. The second-order valence-corrected chi connectivity index (χ2v) is 6.53. The van der Waals surface area contributed by atoms with Crippen LogP contribution in [0.2, 0.25) is 0 Å². The largest absolute Gasteiger partial charge is 0.356 e. The Morgan fingerprint density at radius 3 is 2.58 bits per heavy atom. The van der Waals surface area contributed by atoms with Gasteiger partial charge in [0.15, 0.2) is 0 Å². The van der Waals surface area contributed by atoms with Crippen molar-refractivity contribution in [2.24, 2.45) is 0 Å². The lowest BCUT2D eigenvalue weighted by Gasteiger charge is -2.22. The van der Waals surface area contributed by atoms with E-state index in [0.717, 1.165) is 17.8 Å². The van der Waals surface area contributed by atoms with Crippen LogP contribution >= 0.6 is 0 Å². The third-order valence-corrected chi connectivity index (χ3v) is 4.57. The molecule has 2 aromatic heterocycles. The van der Waals surface area contributed by atoms with Crippen molar-refractivity contribution in [3.8, 4) is 6.07 Å². The van der Waals surface area contributed by atoms with Crippen LogP contribution in [0, 0.1) is 25.2 Å². The average molecular weight is 354 g/mol. The van der Waals surface area contributed by atoms with Crippen LogP contribution in [0.4, 0.5) is 0 Å². The molecule has 0 atom stereocenters. The fourth-order valence-electron chi connectivity index (χ4n) is 3.19. The minimum atomic E-state index is -0.139. The highest BCUT2D eigenvalue weighted by molar-refractivity contribution is 5.93. The molecule has 1 aliphatic heterocycles. The number of aromatic nitrogens is 3. The van der Waals surface area contributed by atoms with Crippen molar-refractivity contribution in [2.75, 3.05) is 26.2 Å². The molecule has 0 spiro atoms. The fraction of sp³-hybridized carbons (Fsp3) is 0.444. The summed E-state index contributed by atoms with van der Waals surface area (Å²) in [5.41, 5.74) is 2.70. The summed E-state index contributed by atoms with van der Waals surface area (Å²) in [5.74, 6) is -0.128. The van der Waals surface area contributed by atoms with Gasteiger partial charge in [0.1, 0.15) is 18.3 Å². The normalized spacial score (nSPS) is 14.8. The average Bonchev–Trinajstić information content (AvgIpc) is 3.12. The number of H-pyrrole nitrogens is 1. The van der Waals surface area contributed by atoms with Gasteiger partial charge in [-0.05, 0) is 32.4 Å². The van der Waals surface area contributed by atoms with Gasteiger partial charge in [-0.2, -0.15) is 10.4 Å². The fourth-order valence-corrected chi connectivity index (χ4v) is 3.19. The Bertz CT molecular complexity index is 859. The monoisotopic (exact) mass is 354 g/mol. The van der Waals surface area contributed by atoms with Gasteiger partial charge in [-0.15, -0.1) is 0 Å². The maximum Gasteiger partial charge on any atom is 0.270 e. The van der Waals surface area contributed by atoms with Crippen molar-refractivity contribution in [3.05, 3.63) is 41.0 Å². The zero-order chi connectivity index (χ0) is 18.7. The first kappa shape index (κ1) is 17.7. The van der Waals surface area contributed by atoms with Crippen LogP contribution in [-0.4, -0.2) is 62.6 Å². The number of nitriles is 1. The number of hydrogen-bond donors (Lipinski definition) is 1. The van der Waals surface area contributed by atoms with E-state index in [-0.39, 0.29) is 18.4 Å². The Morgan fingerprint density at radius 1 is 1.19 bits per heavy atom. The predicted octanol–water partition coefficient (Wildman–Crippen LogP) is 1.07. The van der Waals surface area contributed by atoms with Crippen molar-refractivity contribution in [1.29, 1.82) is 5.26 Å². The van der Waals surface area contributed by atoms with Gasteiger partial charge in [0, 0.05) is 38.1 Å². The van der Waals surface area contributed by atoms with Crippen LogP contribution in [0.5, 0.6) is 0 Å². The van der Waals surface area contributed by atoms with E-state index in [4.69, 9.17) is 5.26 Å². The molecule has 1 N–H and O–H groups in total. The first-order chi connectivity index (χ1) is 12.5. The van der Waals surface area contributed by atoms with E-state index in [0.29, 0.717) is 37.4 Å². The van der Waals surface area contributed by atoms with Crippen molar-refractivity contribution in [2.45, 2.75) is 26.8 Å². The van der Waals surface area contributed by atoms with E-state index < -0.39 is 0 Å². The molecule has 1 saturated heterocycles. The second-order valence-electron chi connectivity index (χ2n) is 6.53. The first-order valence-corrected chi connectivity index (χ1v) is 8.64. The number of amides is 2. The number of aromatic amines is 1. The summed E-state index contributed by atoms with van der Waals surface area (Å²) in [4.78, 5) is 31.5. The van der Waals surface area contributed by atoms with E-state index in [1.807, 2.05) is 26.0 Å². The van der Waals surface area contributed by atoms with Gasteiger partial charge in [0.2, 0.25) is 5.91 Å². The molecule has 0 saturated carbocycles. The lowest BCUT2D eigenvalue weighted by molar-refractivity contribution is -0.131. The maximum absolute atomic E-state index is 12.6. The van der Waals surface area contributed by atoms with Gasteiger partial charge in [0.25, 0.3) is 5.91 Å². The van der Waals surface area contributed by atoms with Crippen LogP contribution in [0.25, 0.3) is 0 Å². The summed E-state index contributed by atoms with van der Waals surface area (Å²) in [7, 11) is 0. The summed E-state index contributed by atoms with van der Waals surface area (Å²) in [6.45, 7) is 6.23. The lowest BCUT2D eigenvalue weighted by atomic mass is 10.3. The van der Waals surface area contributed by atoms with Gasteiger partial charge in [-0.25, -0.2) is 0 Å². The van der Waals surface area contributed by atoms with Crippen LogP contribution < -0.4 is 0 Å². The zero-order valence-electron chi connectivity index (χ0n) is 15.0. The standard InChI is InChI=1S/C18H22N6O2/c1-13-8-14(2)24(21-13)12-17(25)22-4-3-5-23(7-6-22)18(26)16-9-15(10-19)11-20-16/h8-9,11,20H,3-7,12H2,1-2H3. The minimum absolute atomic E-state index is 0.0112. The molecule has 8 heteroatoms. The summed E-state index contributed by atoms with van der Waals surface area (Å²) in [5, 5.41) is 13.2. The summed E-state index contributed by atoms with van der Waals surface area (Å²) in [6, 6.07) is 5.51. The van der Waals surface area contributed by atoms with Crippen molar-refractivity contribution >= 4 is 11.8 Å². The number of carbonyl (C=O) groups excluding carboxylic acids is 2. The molecule has 8 nitrogen and oxygen atoms in total. The van der Waals surface area contributed by atoms with Gasteiger partial charge >= 0.3 is 0 Å². The second kappa shape index (κ2) is 7.44. The first-order valence-electron chi connectivity index (χ1n) is 8.64. The molecule has 2 amide bonds. The van der Waals surface area contributed by atoms with Gasteiger partial charge in [0.05, 0.1) is 11.3 Å². The van der Waals surface area contributed by atoms with E-state index >= 15 is 0 Å². The molecule has 0 radical (unpaired) electrons. The van der Waals surface area contributed by atoms with Crippen LogP contribution in [0.15, 0.2) is 18.3 Å². The van der Waals surface area contributed by atoms with Crippen molar-refractivity contribution in [1.82, 2.24) is 24.6 Å². The Morgan fingerprint density at radius 2 is 1.92 bits per heavy atom. The molecule has 26 heavy (non-hydrogen) atoms. The Kier molecular flexibility index (Phi) is 5.07. The minimum Gasteiger partial charge on any atom is -0.356 e. The Balaban J connectivity index is 1.60. The van der Waals surface area contributed by atoms with Crippen molar-refractivity contribution < 1.29 is 9.59 Å². The molecule has 2 aromatic rings. The molecule has 3 rings (SSSR count). The highest BCUT2D eigenvalue weighted by Gasteiger charge is 2.24. The molecule has 136 valence electrons. The van der Waals surface area contributed by atoms with E-state index in [1.165, 1.54) is 6.20 Å². The highest BCUT2D eigenvalue weighted by atomic mass is 16.2. The topological polar surface area (TPSA) is 98.0 Å². The zero-order valence-corrected chi connectivity index (χ0v) is 15.0. The van der Waals surface area contributed by atoms with Gasteiger partial charge < -0.3 is 14.8 Å². The Labute approximate surface area is 152 Å². The SMILES string of the molecule is Cc1cc(C)n(CC(=O)N2CCCN(C(=O)c3cc(C#N)c[nH]3)CC2)n1. The van der Waals surface area contributed by atoms with E-state index in [1.54, 1.807) is 20.5 Å². The number of carbonyl (C=O) groups is 2. The molecule has 0 bridgehead atoms. The van der Waals surface area contributed by atoms with Gasteiger partial charge in [-0.1, -0.05) is 0 Å². The molecule has 0 aromatic carbocycles. The number of rotatable bonds is 3. The number of nitrogens with zero attached hydrogens (tertiary/aromatic N) is 5. The third kappa shape index (κ3) is 3.77. The highest BCUT2D eigenvalue weighted by Crippen LogP contribution is 2.11. The molecule has 1 fully saturated rings. The molecular weight excluding hydrogens is 332 g/mol. The van der Waals surface area contributed by atoms with Crippen LogP contribution in [0.3, 0.4) is 0 Å². The quantitative estimate of drug-likeness (QED) is 0.891. The molecule has 3 heterocycles. The number of hydrogen-bond acceptors (Lipinski definition) is 4. The van der Waals surface area contributed by atoms with E-state index in [9.17, 15) is 9.59 Å². The molecule has 0 aliphatic carbocycles. The number of aryl methyl sites for hydroxylation is 2. The molecular formula is C18H22N6O2. The third-order valence-electron chi connectivity index (χ3n) is 4.57. The predicted molar refractivity (Wildman–Crippen MR) is 94.3 cm³/mol. The lowest BCUT2D eigenvalue weighted by Crippen LogP contribution is -2.39.